The monoisotopic (exact) mass is 407 g/mol. The number of benzene rings is 2. The molecule has 2 aromatic rings. The van der Waals surface area contributed by atoms with E-state index in [-0.39, 0.29) is 11.7 Å². The number of aliphatic hydroxyl groups excluding tert-OH is 1. The minimum absolute atomic E-state index is 0.270. The van der Waals surface area contributed by atoms with E-state index in [0.29, 0.717) is 5.75 Å². The van der Waals surface area contributed by atoms with E-state index in [2.05, 4.69) is 0 Å². The quantitative estimate of drug-likeness (QED) is 0.766. The van der Waals surface area contributed by atoms with E-state index < -0.39 is 16.1 Å². The summed E-state index contributed by atoms with van der Waals surface area (Å²) in [7, 11) is -3.68. The Morgan fingerprint density at radius 1 is 1.00 bits per heavy atom. The van der Waals surface area contributed by atoms with Crippen molar-refractivity contribution in [2.24, 2.45) is 0 Å². The van der Waals surface area contributed by atoms with E-state index >= 15 is 0 Å². The zero-order chi connectivity index (χ0) is 20.4. The van der Waals surface area contributed by atoms with E-state index in [0.717, 1.165) is 22.3 Å². The minimum Gasteiger partial charge on any atom is -0.468 e. The normalized spacial score (nSPS) is 18.1. The SMILES string of the molecule is Cc1ccc(S(=O)(=O)N2C=CC3=C(c4ccc(OCO)cc4)C=CC=CC32)cc1. The van der Waals surface area contributed by atoms with Crippen LogP contribution >= 0.6 is 0 Å². The van der Waals surface area contributed by atoms with Crippen molar-refractivity contribution >= 4 is 15.6 Å². The van der Waals surface area contributed by atoms with Crippen LogP contribution in [0.2, 0.25) is 0 Å². The van der Waals surface area contributed by atoms with Gasteiger partial charge in [0.05, 0.1) is 10.9 Å². The number of sulfonamides is 1. The van der Waals surface area contributed by atoms with Crippen molar-refractivity contribution in [2.75, 3.05) is 6.79 Å². The van der Waals surface area contributed by atoms with Crippen LogP contribution in [0.4, 0.5) is 0 Å². The largest absolute Gasteiger partial charge is 0.468 e. The van der Waals surface area contributed by atoms with Crippen molar-refractivity contribution in [3.8, 4) is 5.75 Å². The predicted octanol–water partition coefficient (Wildman–Crippen LogP) is 3.79. The molecule has 2 aliphatic rings. The van der Waals surface area contributed by atoms with Gasteiger partial charge in [0, 0.05) is 6.20 Å². The maximum atomic E-state index is 13.2. The summed E-state index contributed by atoms with van der Waals surface area (Å²) in [4.78, 5) is 0.270. The maximum Gasteiger partial charge on any atom is 0.264 e. The molecule has 0 saturated heterocycles. The van der Waals surface area contributed by atoms with Gasteiger partial charge in [-0.05, 0) is 54.0 Å². The fourth-order valence-electron chi connectivity index (χ4n) is 3.47. The van der Waals surface area contributed by atoms with Crippen molar-refractivity contribution < 1.29 is 18.3 Å². The first-order valence-electron chi connectivity index (χ1n) is 9.22. The standard InChI is InChI=1S/C23H21NO4S/c1-17-6-12-20(13-7-17)29(26,27)24-15-14-22-21(4-2-3-5-23(22)24)18-8-10-19(11-9-18)28-16-25/h2-15,23,25H,16H2,1H3. The Hall–Kier alpha value is -3.09. The van der Waals surface area contributed by atoms with E-state index in [4.69, 9.17) is 9.84 Å². The van der Waals surface area contributed by atoms with Gasteiger partial charge in [0.25, 0.3) is 10.0 Å². The van der Waals surface area contributed by atoms with Crippen molar-refractivity contribution in [3.05, 3.63) is 102 Å². The Balaban J connectivity index is 1.72. The summed E-state index contributed by atoms with van der Waals surface area (Å²) in [6.07, 6.45) is 11.1. The summed E-state index contributed by atoms with van der Waals surface area (Å²) >= 11 is 0. The number of rotatable bonds is 5. The molecule has 1 heterocycles. The van der Waals surface area contributed by atoms with Crippen LogP contribution in [0, 0.1) is 6.92 Å². The molecule has 4 rings (SSSR count). The average Bonchev–Trinajstić information content (AvgIpc) is 3.03. The molecular weight excluding hydrogens is 386 g/mol. The summed E-state index contributed by atoms with van der Waals surface area (Å²) in [6.45, 7) is 1.55. The molecule has 0 radical (unpaired) electrons. The van der Waals surface area contributed by atoms with Crippen molar-refractivity contribution in [1.82, 2.24) is 4.31 Å². The van der Waals surface area contributed by atoms with Crippen LogP contribution in [0.5, 0.6) is 5.75 Å². The lowest BCUT2D eigenvalue weighted by molar-refractivity contribution is 0.0985. The van der Waals surface area contributed by atoms with Gasteiger partial charge in [0.15, 0.2) is 6.79 Å². The van der Waals surface area contributed by atoms with Crippen LogP contribution in [-0.2, 0) is 10.0 Å². The molecule has 1 atom stereocenters. The second-order valence-corrected chi connectivity index (χ2v) is 8.66. The third kappa shape index (κ3) is 3.64. The molecule has 148 valence electrons. The molecule has 0 spiro atoms. The minimum atomic E-state index is -3.68. The van der Waals surface area contributed by atoms with Crippen LogP contribution < -0.4 is 4.74 Å². The molecule has 0 saturated carbocycles. The molecule has 1 aliphatic heterocycles. The van der Waals surface area contributed by atoms with Crippen molar-refractivity contribution in [1.29, 1.82) is 0 Å². The number of hydrogen-bond donors (Lipinski definition) is 1. The van der Waals surface area contributed by atoms with E-state index in [1.807, 2.05) is 49.4 Å². The van der Waals surface area contributed by atoms with Gasteiger partial charge in [-0.3, -0.25) is 4.31 Å². The maximum absolute atomic E-state index is 13.2. The molecular formula is C23H21NO4S. The first-order chi connectivity index (χ1) is 14.0. The van der Waals surface area contributed by atoms with Gasteiger partial charge in [0.1, 0.15) is 5.75 Å². The van der Waals surface area contributed by atoms with Crippen LogP contribution in [0.3, 0.4) is 0 Å². The van der Waals surface area contributed by atoms with Gasteiger partial charge in [-0.1, -0.05) is 54.1 Å². The molecule has 2 aromatic carbocycles. The number of hydrogen-bond acceptors (Lipinski definition) is 4. The fraction of sp³-hybridized carbons (Fsp3) is 0.130. The number of aryl methyl sites for hydroxylation is 1. The topological polar surface area (TPSA) is 66.8 Å². The molecule has 1 aliphatic carbocycles. The Labute approximate surface area is 170 Å². The molecule has 0 fully saturated rings. The Morgan fingerprint density at radius 2 is 1.72 bits per heavy atom. The van der Waals surface area contributed by atoms with E-state index in [1.54, 1.807) is 42.6 Å². The molecule has 29 heavy (non-hydrogen) atoms. The van der Waals surface area contributed by atoms with E-state index in [1.165, 1.54) is 4.31 Å². The van der Waals surface area contributed by atoms with Crippen molar-refractivity contribution in [2.45, 2.75) is 17.9 Å². The van der Waals surface area contributed by atoms with Gasteiger partial charge >= 0.3 is 0 Å². The van der Waals surface area contributed by atoms with Gasteiger partial charge < -0.3 is 9.84 Å². The highest BCUT2D eigenvalue weighted by Crippen LogP contribution is 2.36. The van der Waals surface area contributed by atoms with Gasteiger partial charge in [0.2, 0.25) is 0 Å². The van der Waals surface area contributed by atoms with Crippen molar-refractivity contribution in [3.63, 3.8) is 0 Å². The van der Waals surface area contributed by atoms with Gasteiger partial charge in [-0.25, -0.2) is 8.42 Å². The lowest BCUT2D eigenvalue weighted by Gasteiger charge is -2.24. The average molecular weight is 407 g/mol. The first kappa shape index (κ1) is 19.2. The van der Waals surface area contributed by atoms with Crippen LogP contribution in [0.15, 0.2) is 95.6 Å². The molecule has 0 amide bonds. The zero-order valence-electron chi connectivity index (χ0n) is 15.9. The number of aliphatic hydroxyl groups is 1. The summed E-state index contributed by atoms with van der Waals surface area (Å²) in [6, 6.07) is 13.8. The number of allylic oxidation sites excluding steroid dienone is 4. The summed E-state index contributed by atoms with van der Waals surface area (Å²) in [5.41, 5.74) is 3.79. The summed E-state index contributed by atoms with van der Waals surface area (Å²) in [5, 5.41) is 8.89. The van der Waals surface area contributed by atoms with Gasteiger partial charge in [-0.15, -0.1) is 0 Å². The Morgan fingerprint density at radius 3 is 2.41 bits per heavy atom. The predicted molar refractivity (Wildman–Crippen MR) is 112 cm³/mol. The molecule has 5 nitrogen and oxygen atoms in total. The molecule has 1 unspecified atom stereocenters. The summed E-state index contributed by atoms with van der Waals surface area (Å²) in [5.74, 6) is 0.569. The van der Waals surface area contributed by atoms with Crippen LogP contribution in [0.25, 0.3) is 5.57 Å². The zero-order valence-corrected chi connectivity index (χ0v) is 16.7. The number of ether oxygens (including phenoxy) is 1. The lowest BCUT2D eigenvalue weighted by Crippen LogP contribution is -2.32. The third-order valence-corrected chi connectivity index (χ3v) is 6.74. The van der Waals surface area contributed by atoms with Crippen LogP contribution in [-0.4, -0.2) is 30.7 Å². The first-order valence-corrected chi connectivity index (χ1v) is 10.7. The van der Waals surface area contributed by atoms with Crippen LogP contribution in [0.1, 0.15) is 11.1 Å². The molecule has 0 bridgehead atoms. The number of fused-ring (bicyclic) bond motifs is 1. The second-order valence-electron chi connectivity index (χ2n) is 6.82. The smallest absolute Gasteiger partial charge is 0.264 e. The lowest BCUT2D eigenvalue weighted by atomic mass is 9.97. The summed E-state index contributed by atoms with van der Waals surface area (Å²) < 4.78 is 32.9. The fourth-order valence-corrected chi connectivity index (χ4v) is 4.89. The Kier molecular flexibility index (Phi) is 5.13. The second kappa shape index (κ2) is 7.73. The highest BCUT2D eigenvalue weighted by atomic mass is 32.2. The molecule has 6 heteroatoms. The Bertz CT molecular complexity index is 1120. The number of nitrogens with zero attached hydrogens (tertiary/aromatic N) is 1. The molecule has 0 aromatic heterocycles. The highest BCUT2D eigenvalue weighted by molar-refractivity contribution is 7.89. The third-order valence-electron chi connectivity index (χ3n) is 4.97. The van der Waals surface area contributed by atoms with Gasteiger partial charge in [-0.2, -0.15) is 0 Å². The van der Waals surface area contributed by atoms with E-state index in [9.17, 15) is 8.42 Å². The molecule has 1 N–H and O–H groups in total. The highest BCUT2D eigenvalue weighted by Gasteiger charge is 2.34.